The largest absolute Gasteiger partial charge is 0.467 e. The molecule has 1 amide bonds. The highest BCUT2D eigenvalue weighted by Gasteiger charge is 2.35. The summed E-state index contributed by atoms with van der Waals surface area (Å²) in [7, 11) is 1.34. The number of carbonyl (C=O) groups excluding carboxylic acids is 2. The molecular formula is C10H12N2O3S. The van der Waals surface area contributed by atoms with E-state index in [1.54, 1.807) is 15.8 Å². The van der Waals surface area contributed by atoms with Crippen LogP contribution in [0.2, 0.25) is 0 Å². The van der Waals surface area contributed by atoms with Crippen molar-refractivity contribution in [3.63, 3.8) is 0 Å². The Morgan fingerprint density at radius 1 is 1.62 bits per heavy atom. The summed E-state index contributed by atoms with van der Waals surface area (Å²) in [6, 6.07) is -0.445. The molecule has 0 spiro atoms. The van der Waals surface area contributed by atoms with E-state index in [9.17, 15) is 9.59 Å². The molecule has 1 saturated heterocycles. The van der Waals surface area contributed by atoms with Gasteiger partial charge in [-0.05, 0) is 12.8 Å². The third-order valence-electron chi connectivity index (χ3n) is 2.64. The predicted octanol–water partition coefficient (Wildman–Crippen LogP) is 0.921. The molecule has 86 valence electrons. The summed E-state index contributed by atoms with van der Waals surface area (Å²) in [6.07, 6.45) is 1.50. The van der Waals surface area contributed by atoms with Crippen molar-refractivity contribution < 1.29 is 14.3 Å². The lowest BCUT2D eigenvalue weighted by atomic mass is 10.2. The highest BCUT2D eigenvalue weighted by atomic mass is 32.1. The average molecular weight is 240 g/mol. The van der Waals surface area contributed by atoms with E-state index in [-0.39, 0.29) is 11.9 Å². The smallest absolute Gasteiger partial charge is 0.328 e. The fourth-order valence-corrected chi connectivity index (χ4v) is 2.38. The molecule has 1 aliphatic heterocycles. The van der Waals surface area contributed by atoms with E-state index >= 15 is 0 Å². The van der Waals surface area contributed by atoms with Gasteiger partial charge in [-0.15, -0.1) is 11.3 Å². The van der Waals surface area contributed by atoms with Crippen LogP contribution < -0.4 is 0 Å². The van der Waals surface area contributed by atoms with Crippen molar-refractivity contribution >= 4 is 23.2 Å². The molecule has 16 heavy (non-hydrogen) atoms. The highest BCUT2D eigenvalue weighted by Crippen LogP contribution is 2.20. The van der Waals surface area contributed by atoms with Gasteiger partial charge in [-0.1, -0.05) is 0 Å². The number of esters is 1. The fourth-order valence-electron chi connectivity index (χ4n) is 1.86. The minimum atomic E-state index is -0.445. The van der Waals surface area contributed by atoms with Gasteiger partial charge >= 0.3 is 5.97 Å². The van der Waals surface area contributed by atoms with E-state index in [4.69, 9.17) is 0 Å². The summed E-state index contributed by atoms with van der Waals surface area (Å²) in [4.78, 5) is 29.0. The molecular weight excluding hydrogens is 228 g/mol. The van der Waals surface area contributed by atoms with Crippen molar-refractivity contribution in [3.05, 3.63) is 16.6 Å². The molecule has 0 aliphatic carbocycles. The predicted molar refractivity (Wildman–Crippen MR) is 58.2 cm³/mol. The summed E-state index contributed by atoms with van der Waals surface area (Å²) in [5.74, 6) is -0.532. The SMILES string of the molecule is COC(=O)C1CCCN1C(=O)c1cscn1. The number of ether oxygens (including phenoxy) is 1. The lowest BCUT2D eigenvalue weighted by Gasteiger charge is -2.21. The van der Waals surface area contributed by atoms with Crippen molar-refractivity contribution in [2.24, 2.45) is 0 Å². The Hall–Kier alpha value is -1.43. The summed E-state index contributed by atoms with van der Waals surface area (Å²) in [5, 5.41) is 1.69. The van der Waals surface area contributed by atoms with Gasteiger partial charge in [0.25, 0.3) is 5.91 Å². The maximum atomic E-state index is 12.0. The molecule has 0 bridgehead atoms. The van der Waals surface area contributed by atoms with Crippen LogP contribution in [-0.4, -0.2) is 41.5 Å². The van der Waals surface area contributed by atoms with Crippen LogP contribution in [0.15, 0.2) is 10.9 Å². The molecule has 1 atom stereocenters. The zero-order chi connectivity index (χ0) is 11.5. The zero-order valence-electron chi connectivity index (χ0n) is 8.88. The summed E-state index contributed by atoms with van der Waals surface area (Å²) < 4.78 is 4.68. The van der Waals surface area contributed by atoms with Gasteiger partial charge < -0.3 is 9.64 Å². The number of hydrogen-bond donors (Lipinski definition) is 0. The van der Waals surface area contributed by atoms with Gasteiger partial charge in [-0.25, -0.2) is 9.78 Å². The van der Waals surface area contributed by atoms with Gasteiger partial charge in [0.1, 0.15) is 11.7 Å². The van der Waals surface area contributed by atoms with E-state index in [1.165, 1.54) is 18.4 Å². The Bertz CT molecular complexity index is 391. The van der Waals surface area contributed by atoms with Crippen molar-refractivity contribution in [3.8, 4) is 0 Å². The van der Waals surface area contributed by atoms with Crippen molar-refractivity contribution in [1.29, 1.82) is 0 Å². The van der Waals surface area contributed by atoms with Gasteiger partial charge in [-0.3, -0.25) is 4.79 Å². The monoisotopic (exact) mass is 240 g/mol. The van der Waals surface area contributed by atoms with Crippen LogP contribution >= 0.6 is 11.3 Å². The highest BCUT2D eigenvalue weighted by molar-refractivity contribution is 7.07. The van der Waals surface area contributed by atoms with Crippen molar-refractivity contribution in [2.75, 3.05) is 13.7 Å². The first-order chi connectivity index (χ1) is 7.74. The number of nitrogens with zero attached hydrogens (tertiary/aromatic N) is 2. The number of thiazole rings is 1. The van der Waals surface area contributed by atoms with E-state index in [2.05, 4.69) is 9.72 Å². The van der Waals surface area contributed by atoms with Gasteiger partial charge in [0.2, 0.25) is 0 Å². The molecule has 0 aromatic carbocycles. The number of likely N-dealkylation sites (tertiary alicyclic amines) is 1. The number of aromatic nitrogens is 1. The molecule has 0 saturated carbocycles. The van der Waals surface area contributed by atoms with E-state index in [0.29, 0.717) is 18.7 Å². The molecule has 1 aliphatic rings. The average Bonchev–Trinajstić information content (AvgIpc) is 2.97. The molecule has 1 aromatic rings. The lowest BCUT2D eigenvalue weighted by Crippen LogP contribution is -2.41. The first-order valence-electron chi connectivity index (χ1n) is 5.01. The fraction of sp³-hybridized carbons (Fsp3) is 0.500. The maximum Gasteiger partial charge on any atom is 0.328 e. The van der Waals surface area contributed by atoms with Crippen LogP contribution in [0.25, 0.3) is 0 Å². The number of amides is 1. The number of rotatable bonds is 2. The Balaban J connectivity index is 2.14. The Labute approximate surface area is 97.0 Å². The number of methoxy groups -OCH3 is 1. The summed E-state index contributed by atoms with van der Waals surface area (Å²) in [6.45, 7) is 0.593. The minimum Gasteiger partial charge on any atom is -0.467 e. The van der Waals surface area contributed by atoms with Crippen LogP contribution in [0.5, 0.6) is 0 Å². The van der Waals surface area contributed by atoms with Crippen molar-refractivity contribution in [2.45, 2.75) is 18.9 Å². The molecule has 1 fully saturated rings. The third kappa shape index (κ3) is 1.92. The van der Waals surface area contributed by atoms with Gasteiger partial charge in [0.05, 0.1) is 12.6 Å². The van der Waals surface area contributed by atoms with Crippen molar-refractivity contribution in [1.82, 2.24) is 9.88 Å². The van der Waals surface area contributed by atoms with Gasteiger partial charge in [-0.2, -0.15) is 0 Å². The molecule has 1 aromatic heterocycles. The molecule has 2 rings (SSSR count). The molecule has 2 heterocycles. The molecule has 0 radical (unpaired) electrons. The van der Waals surface area contributed by atoms with E-state index in [0.717, 1.165) is 6.42 Å². The normalized spacial score (nSPS) is 19.8. The van der Waals surface area contributed by atoms with Crippen LogP contribution in [-0.2, 0) is 9.53 Å². The van der Waals surface area contributed by atoms with Crippen LogP contribution in [0.1, 0.15) is 23.3 Å². The molecule has 1 unspecified atom stereocenters. The van der Waals surface area contributed by atoms with E-state index < -0.39 is 6.04 Å². The second kappa shape index (κ2) is 4.61. The first-order valence-corrected chi connectivity index (χ1v) is 5.95. The zero-order valence-corrected chi connectivity index (χ0v) is 9.70. The molecule has 5 nitrogen and oxygen atoms in total. The van der Waals surface area contributed by atoms with Gasteiger partial charge in [0, 0.05) is 11.9 Å². The second-order valence-corrected chi connectivity index (χ2v) is 4.27. The minimum absolute atomic E-state index is 0.186. The lowest BCUT2D eigenvalue weighted by molar-refractivity contribution is -0.145. The van der Waals surface area contributed by atoms with Gasteiger partial charge in [0.15, 0.2) is 0 Å². The summed E-state index contributed by atoms with van der Waals surface area (Å²) >= 11 is 1.37. The number of hydrogen-bond acceptors (Lipinski definition) is 5. The van der Waals surface area contributed by atoms with Crippen LogP contribution in [0.3, 0.4) is 0 Å². The van der Waals surface area contributed by atoms with Crippen LogP contribution in [0, 0.1) is 0 Å². The maximum absolute atomic E-state index is 12.0. The first kappa shape index (κ1) is 11.1. The molecule has 0 N–H and O–H groups in total. The quantitative estimate of drug-likeness (QED) is 0.721. The summed E-state index contributed by atoms with van der Waals surface area (Å²) in [5.41, 5.74) is 2.01. The topological polar surface area (TPSA) is 59.5 Å². The standard InChI is InChI=1S/C10H12N2O3S/c1-15-10(14)8-3-2-4-12(8)9(13)7-5-16-6-11-7/h5-6,8H,2-4H2,1H3. The molecule has 6 heteroatoms. The van der Waals surface area contributed by atoms with E-state index in [1.807, 2.05) is 0 Å². The third-order valence-corrected chi connectivity index (χ3v) is 3.22. The second-order valence-electron chi connectivity index (χ2n) is 3.55. The Kier molecular flexibility index (Phi) is 3.19. The Morgan fingerprint density at radius 3 is 3.06 bits per heavy atom. The number of carbonyl (C=O) groups is 2. The Morgan fingerprint density at radius 2 is 2.44 bits per heavy atom. The van der Waals surface area contributed by atoms with Crippen LogP contribution in [0.4, 0.5) is 0 Å².